The zero-order valence-electron chi connectivity index (χ0n) is 10.1. The van der Waals surface area contributed by atoms with E-state index in [0.29, 0.717) is 5.76 Å². The first kappa shape index (κ1) is 14.3. The van der Waals surface area contributed by atoms with Crippen LogP contribution in [0.1, 0.15) is 17.0 Å². The Kier molecular flexibility index (Phi) is 4.09. The maximum atomic E-state index is 12.1. The number of nitrogens with two attached hydrogens (primary N) is 1. The summed E-state index contributed by atoms with van der Waals surface area (Å²) in [5, 5.41) is 6.57. The second kappa shape index (κ2) is 5.45. The smallest absolute Gasteiger partial charge is 0.245 e. The fourth-order valence-corrected chi connectivity index (χ4v) is 3.49. The lowest BCUT2D eigenvalue weighted by Crippen LogP contribution is -2.23. The number of sulfonamides is 1. The molecule has 2 aromatic heterocycles. The number of nitrogens with one attached hydrogen (secondary N) is 2. The van der Waals surface area contributed by atoms with E-state index in [1.54, 1.807) is 6.20 Å². The van der Waals surface area contributed by atoms with Gasteiger partial charge in [-0.25, -0.2) is 13.1 Å². The van der Waals surface area contributed by atoms with Crippen LogP contribution < -0.4 is 10.5 Å². The molecule has 0 aliphatic heterocycles. The summed E-state index contributed by atoms with van der Waals surface area (Å²) in [5.41, 5.74) is 7.00. The standard InChI is InChI=1S/C10H13BrN4O3S/c1-6-7(4-13-15-6)5-14-19(16,17)9-2-8(3-12)18-10(9)11/h2,4,14H,3,5,12H2,1H3,(H,13,15). The normalized spacial score (nSPS) is 11.9. The fraction of sp³-hybridized carbons (Fsp3) is 0.300. The molecule has 0 saturated heterocycles. The third-order valence-corrected chi connectivity index (χ3v) is 4.84. The molecule has 2 heterocycles. The van der Waals surface area contributed by atoms with Crippen LogP contribution in [0.15, 0.2) is 26.2 Å². The monoisotopic (exact) mass is 348 g/mol. The largest absolute Gasteiger partial charge is 0.452 e. The number of aromatic amines is 1. The molecule has 104 valence electrons. The van der Waals surface area contributed by atoms with Gasteiger partial charge in [-0.1, -0.05) is 0 Å². The molecule has 2 aromatic rings. The minimum absolute atomic E-state index is 0.0362. The van der Waals surface area contributed by atoms with Crippen molar-refractivity contribution >= 4 is 26.0 Å². The lowest BCUT2D eigenvalue weighted by molar-refractivity contribution is 0.483. The van der Waals surface area contributed by atoms with E-state index < -0.39 is 10.0 Å². The van der Waals surface area contributed by atoms with Gasteiger partial charge >= 0.3 is 0 Å². The molecule has 0 aromatic carbocycles. The van der Waals surface area contributed by atoms with Crippen LogP contribution in [0.2, 0.25) is 0 Å². The molecule has 19 heavy (non-hydrogen) atoms. The van der Waals surface area contributed by atoms with E-state index in [4.69, 9.17) is 10.2 Å². The minimum atomic E-state index is -3.66. The summed E-state index contributed by atoms with van der Waals surface area (Å²) < 4.78 is 32.0. The topological polar surface area (TPSA) is 114 Å². The van der Waals surface area contributed by atoms with Gasteiger partial charge in [0, 0.05) is 23.9 Å². The Balaban J connectivity index is 2.18. The van der Waals surface area contributed by atoms with Crippen molar-refractivity contribution in [3.63, 3.8) is 0 Å². The Morgan fingerprint density at radius 2 is 2.32 bits per heavy atom. The molecule has 0 bridgehead atoms. The first-order valence-corrected chi connectivity index (χ1v) is 7.68. The number of halogens is 1. The lowest BCUT2D eigenvalue weighted by Gasteiger charge is -2.04. The molecular formula is C10H13BrN4O3S. The Bertz CT molecular complexity index is 677. The van der Waals surface area contributed by atoms with Gasteiger partial charge in [0.05, 0.1) is 12.7 Å². The summed E-state index contributed by atoms with van der Waals surface area (Å²) in [5.74, 6) is 0.395. The number of furan rings is 1. The predicted molar refractivity (Wildman–Crippen MR) is 71.6 cm³/mol. The molecule has 9 heteroatoms. The lowest BCUT2D eigenvalue weighted by atomic mass is 10.3. The van der Waals surface area contributed by atoms with Gasteiger partial charge in [0.1, 0.15) is 10.7 Å². The molecule has 0 unspecified atom stereocenters. The van der Waals surface area contributed by atoms with Gasteiger partial charge in [0.15, 0.2) is 4.67 Å². The first-order valence-electron chi connectivity index (χ1n) is 5.41. The van der Waals surface area contributed by atoms with Crippen molar-refractivity contribution in [1.82, 2.24) is 14.9 Å². The summed E-state index contributed by atoms with van der Waals surface area (Å²) in [4.78, 5) is 0.0362. The van der Waals surface area contributed by atoms with Crippen molar-refractivity contribution in [3.8, 4) is 0 Å². The van der Waals surface area contributed by atoms with E-state index in [1.165, 1.54) is 6.07 Å². The van der Waals surface area contributed by atoms with Crippen LogP contribution in [0.5, 0.6) is 0 Å². The highest BCUT2D eigenvalue weighted by atomic mass is 79.9. The van der Waals surface area contributed by atoms with E-state index in [2.05, 4.69) is 30.8 Å². The summed E-state index contributed by atoms with van der Waals surface area (Å²) in [6.07, 6.45) is 1.58. The molecule has 0 atom stereocenters. The number of hydrogen-bond acceptors (Lipinski definition) is 5. The van der Waals surface area contributed by atoms with E-state index in [9.17, 15) is 8.42 Å². The van der Waals surface area contributed by atoms with Crippen molar-refractivity contribution in [1.29, 1.82) is 0 Å². The molecule has 0 fully saturated rings. The molecule has 0 aliphatic rings. The van der Waals surface area contributed by atoms with Crippen LogP contribution >= 0.6 is 15.9 Å². The molecule has 2 rings (SSSR count). The molecule has 0 saturated carbocycles. The minimum Gasteiger partial charge on any atom is -0.452 e. The van der Waals surface area contributed by atoms with Crippen LogP contribution in [-0.2, 0) is 23.1 Å². The van der Waals surface area contributed by atoms with E-state index in [1.807, 2.05) is 6.92 Å². The van der Waals surface area contributed by atoms with Gasteiger partial charge in [-0.2, -0.15) is 5.10 Å². The third kappa shape index (κ3) is 3.06. The van der Waals surface area contributed by atoms with Gasteiger partial charge in [0.2, 0.25) is 10.0 Å². The number of hydrogen-bond donors (Lipinski definition) is 3. The first-order chi connectivity index (χ1) is 8.94. The highest BCUT2D eigenvalue weighted by molar-refractivity contribution is 9.10. The SMILES string of the molecule is Cc1[nH]ncc1CNS(=O)(=O)c1cc(CN)oc1Br. The number of aromatic nitrogens is 2. The number of nitrogens with zero attached hydrogens (tertiary/aromatic N) is 1. The Morgan fingerprint density at radius 1 is 1.58 bits per heavy atom. The van der Waals surface area contributed by atoms with Crippen molar-refractivity contribution in [2.24, 2.45) is 5.73 Å². The van der Waals surface area contributed by atoms with Crippen molar-refractivity contribution in [2.75, 3.05) is 0 Å². The molecule has 0 spiro atoms. The average molecular weight is 349 g/mol. The van der Waals surface area contributed by atoms with Crippen LogP contribution in [0.4, 0.5) is 0 Å². The molecule has 0 radical (unpaired) electrons. The fourth-order valence-electron chi connectivity index (χ4n) is 1.49. The Morgan fingerprint density at radius 3 is 2.84 bits per heavy atom. The van der Waals surface area contributed by atoms with Crippen LogP contribution in [0.3, 0.4) is 0 Å². The van der Waals surface area contributed by atoms with Gasteiger partial charge in [-0.15, -0.1) is 0 Å². The number of rotatable bonds is 5. The molecule has 4 N–H and O–H groups in total. The number of aryl methyl sites for hydroxylation is 1. The zero-order valence-corrected chi connectivity index (χ0v) is 12.5. The molecule has 0 aliphatic carbocycles. The van der Waals surface area contributed by atoms with Crippen LogP contribution in [0, 0.1) is 6.92 Å². The maximum Gasteiger partial charge on any atom is 0.245 e. The summed E-state index contributed by atoms with van der Waals surface area (Å²) in [7, 11) is -3.66. The highest BCUT2D eigenvalue weighted by Crippen LogP contribution is 2.26. The van der Waals surface area contributed by atoms with Gasteiger partial charge in [-0.05, 0) is 22.9 Å². The summed E-state index contributed by atoms with van der Waals surface area (Å²) in [6.45, 7) is 2.10. The molecule has 0 amide bonds. The average Bonchev–Trinajstić information content (AvgIpc) is 2.93. The van der Waals surface area contributed by atoms with Crippen LogP contribution in [0.25, 0.3) is 0 Å². The van der Waals surface area contributed by atoms with Gasteiger partial charge in [0.25, 0.3) is 0 Å². The zero-order chi connectivity index (χ0) is 14.0. The predicted octanol–water partition coefficient (Wildman–Crippen LogP) is 1.01. The molecule has 7 nitrogen and oxygen atoms in total. The van der Waals surface area contributed by atoms with E-state index in [0.717, 1.165) is 11.3 Å². The third-order valence-electron chi connectivity index (χ3n) is 2.58. The summed E-state index contributed by atoms with van der Waals surface area (Å²) in [6, 6.07) is 1.40. The number of H-pyrrole nitrogens is 1. The summed E-state index contributed by atoms with van der Waals surface area (Å²) >= 11 is 3.07. The Labute approximate surface area is 118 Å². The van der Waals surface area contributed by atoms with E-state index in [-0.39, 0.29) is 22.7 Å². The highest BCUT2D eigenvalue weighted by Gasteiger charge is 2.22. The maximum absolute atomic E-state index is 12.1. The second-order valence-corrected chi connectivity index (χ2v) is 6.36. The second-order valence-electron chi connectivity index (χ2n) is 3.90. The quantitative estimate of drug-likeness (QED) is 0.745. The van der Waals surface area contributed by atoms with Crippen molar-refractivity contribution in [3.05, 3.63) is 34.0 Å². The van der Waals surface area contributed by atoms with Gasteiger partial charge in [-0.3, -0.25) is 5.10 Å². The van der Waals surface area contributed by atoms with Gasteiger partial charge < -0.3 is 10.2 Å². The Hall–Kier alpha value is -1.16. The molecular weight excluding hydrogens is 336 g/mol. The van der Waals surface area contributed by atoms with Crippen LogP contribution in [-0.4, -0.2) is 18.6 Å². The van der Waals surface area contributed by atoms with Crippen molar-refractivity contribution in [2.45, 2.75) is 24.9 Å². The van der Waals surface area contributed by atoms with Crippen molar-refractivity contribution < 1.29 is 12.8 Å². The van der Waals surface area contributed by atoms with E-state index >= 15 is 0 Å².